The van der Waals surface area contributed by atoms with Crippen molar-refractivity contribution in [2.24, 2.45) is 0 Å². The fourth-order valence-corrected chi connectivity index (χ4v) is 3.73. The quantitative estimate of drug-likeness (QED) is 0.434. The molecule has 0 fully saturated rings. The number of rotatable bonds is 4. The second-order valence-electron chi connectivity index (χ2n) is 6.93. The molecule has 32 heavy (non-hydrogen) atoms. The van der Waals surface area contributed by atoms with E-state index < -0.39 is 17.6 Å². The van der Waals surface area contributed by atoms with E-state index in [1.165, 1.54) is 40.5 Å². The van der Waals surface area contributed by atoms with E-state index in [4.69, 9.17) is 0 Å². The summed E-state index contributed by atoms with van der Waals surface area (Å²) in [4.78, 5) is 31.0. The third kappa shape index (κ3) is 4.47. The predicted molar refractivity (Wildman–Crippen MR) is 117 cm³/mol. The Morgan fingerprint density at radius 3 is 2.56 bits per heavy atom. The number of fused-ring (bicyclic) bond motifs is 1. The Balaban J connectivity index is 1.53. The summed E-state index contributed by atoms with van der Waals surface area (Å²) in [5, 5.41) is 2.46. The highest BCUT2D eigenvalue weighted by Gasteiger charge is 2.30. The van der Waals surface area contributed by atoms with Gasteiger partial charge in [-0.15, -0.1) is 11.3 Å². The van der Waals surface area contributed by atoms with E-state index in [-0.39, 0.29) is 17.2 Å². The van der Waals surface area contributed by atoms with E-state index in [1.807, 2.05) is 0 Å². The molecule has 3 aromatic carbocycles. The van der Waals surface area contributed by atoms with Crippen molar-refractivity contribution in [1.82, 2.24) is 4.98 Å². The summed E-state index contributed by atoms with van der Waals surface area (Å²) in [6, 6.07) is 15.8. The molecule has 0 saturated heterocycles. The molecule has 1 heterocycles. The van der Waals surface area contributed by atoms with Gasteiger partial charge >= 0.3 is 6.18 Å². The molecular formula is C23H15F3N3O2S. The number of nitrogens with zero attached hydrogens (tertiary/aromatic N) is 2. The van der Waals surface area contributed by atoms with E-state index >= 15 is 0 Å². The van der Waals surface area contributed by atoms with Crippen LogP contribution in [0.3, 0.4) is 0 Å². The van der Waals surface area contributed by atoms with Crippen molar-refractivity contribution >= 4 is 44.7 Å². The number of amides is 2. The number of carbonyl (C=O) groups excluding carboxylic acids is 2. The smallest absolute Gasteiger partial charge is 0.322 e. The maximum absolute atomic E-state index is 12.9. The highest BCUT2D eigenvalue weighted by atomic mass is 32.1. The average molecular weight is 454 g/mol. The summed E-state index contributed by atoms with van der Waals surface area (Å²) in [5.41, 5.74) is 3.81. The minimum atomic E-state index is -4.51. The molecule has 1 aromatic heterocycles. The van der Waals surface area contributed by atoms with Crippen LogP contribution in [0.5, 0.6) is 0 Å². The highest BCUT2D eigenvalue weighted by Crippen LogP contribution is 2.31. The maximum atomic E-state index is 12.9. The minimum Gasteiger partial charge on any atom is -0.322 e. The Morgan fingerprint density at radius 2 is 1.78 bits per heavy atom. The first kappa shape index (κ1) is 21.5. The van der Waals surface area contributed by atoms with E-state index in [2.05, 4.69) is 15.8 Å². The summed E-state index contributed by atoms with van der Waals surface area (Å²) < 4.78 is 39.5. The van der Waals surface area contributed by atoms with Crippen molar-refractivity contribution in [2.75, 3.05) is 17.3 Å². The summed E-state index contributed by atoms with van der Waals surface area (Å²) in [6.45, 7) is 0. The number of hydrogen-bond donors (Lipinski definition) is 1. The van der Waals surface area contributed by atoms with Crippen molar-refractivity contribution in [3.8, 4) is 0 Å². The van der Waals surface area contributed by atoms with Crippen LogP contribution < -0.4 is 10.2 Å². The lowest BCUT2D eigenvalue weighted by Crippen LogP contribution is -2.26. The summed E-state index contributed by atoms with van der Waals surface area (Å²) in [5.74, 6) is -0.871. The van der Waals surface area contributed by atoms with Gasteiger partial charge in [0, 0.05) is 29.5 Å². The van der Waals surface area contributed by atoms with Crippen LogP contribution in [0, 0.1) is 5.51 Å². The van der Waals surface area contributed by atoms with Gasteiger partial charge < -0.3 is 10.2 Å². The molecule has 0 bridgehead atoms. The van der Waals surface area contributed by atoms with Crippen molar-refractivity contribution < 1.29 is 22.8 Å². The Labute approximate surface area is 185 Å². The molecule has 9 heteroatoms. The molecule has 0 spiro atoms. The van der Waals surface area contributed by atoms with E-state index in [9.17, 15) is 22.8 Å². The first-order valence-corrected chi connectivity index (χ1v) is 10.2. The van der Waals surface area contributed by atoms with Gasteiger partial charge in [-0.2, -0.15) is 13.2 Å². The number of benzene rings is 3. The van der Waals surface area contributed by atoms with Crippen LogP contribution in [-0.2, 0) is 6.18 Å². The van der Waals surface area contributed by atoms with Gasteiger partial charge in [0.05, 0.1) is 15.8 Å². The second kappa shape index (κ2) is 8.43. The van der Waals surface area contributed by atoms with Crippen LogP contribution in [0.15, 0.2) is 66.7 Å². The normalized spacial score (nSPS) is 11.4. The van der Waals surface area contributed by atoms with Crippen molar-refractivity contribution in [3.63, 3.8) is 0 Å². The Morgan fingerprint density at radius 1 is 1.00 bits per heavy atom. The Bertz CT molecular complexity index is 1320. The number of anilines is 2. The number of hydrogen-bond acceptors (Lipinski definition) is 4. The van der Waals surface area contributed by atoms with Crippen LogP contribution in [-0.4, -0.2) is 23.8 Å². The van der Waals surface area contributed by atoms with Crippen LogP contribution >= 0.6 is 11.3 Å². The van der Waals surface area contributed by atoms with E-state index in [1.54, 1.807) is 37.4 Å². The number of alkyl halides is 3. The fourth-order valence-electron chi connectivity index (χ4n) is 3.09. The lowest BCUT2D eigenvalue weighted by atomic mass is 10.1. The highest BCUT2D eigenvalue weighted by molar-refractivity contribution is 7.16. The van der Waals surface area contributed by atoms with Gasteiger partial charge in [-0.25, -0.2) is 4.98 Å². The molecule has 1 N–H and O–H groups in total. The molecule has 0 saturated carbocycles. The molecule has 0 atom stereocenters. The van der Waals surface area contributed by atoms with Crippen LogP contribution in [0.25, 0.3) is 10.2 Å². The van der Waals surface area contributed by atoms with Crippen LogP contribution in [0.1, 0.15) is 26.3 Å². The first-order chi connectivity index (χ1) is 15.2. The number of carbonyl (C=O) groups is 2. The monoisotopic (exact) mass is 454 g/mol. The molecule has 0 aliphatic carbocycles. The van der Waals surface area contributed by atoms with Crippen molar-refractivity contribution in [2.45, 2.75) is 6.18 Å². The second-order valence-corrected chi connectivity index (χ2v) is 7.76. The van der Waals surface area contributed by atoms with Gasteiger partial charge in [0.25, 0.3) is 11.8 Å². The topological polar surface area (TPSA) is 62.3 Å². The molecular weight excluding hydrogens is 439 g/mol. The minimum absolute atomic E-state index is 0.0225. The molecule has 4 rings (SSSR count). The molecule has 161 valence electrons. The molecule has 5 nitrogen and oxygen atoms in total. The van der Waals surface area contributed by atoms with Gasteiger partial charge in [-0.05, 0) is 54.6 Å². The summed E-state index contributed by atoms with van der Waals surface area (Å²) >= 11 is 1.31. The van der Waals surface area contributed by atoms with Crippen molar-refractivity contribution in [1.29, 1.82) is 0 Å². The fraction of sp³-hybridized carbons (Fsp3) is 0.0870. The van der Waals surface area contributed by atoms with E-state index in [0.717, 1.165) is 22.3 Å². The molecule has 1 radical (unpaired) electrons. The van der Waals surface area contributed by atoms with E-state index in [0.29, 0.717) is 11.3 Å². The standard InChI is InChI=1S/C23H15F3N3O2S/c1-29(22(31)15-8-9-19-20(11-15)32-13-27-19)18-7-2-4-14(10-18)21(30)28-17-6-3-5-16(12-17)23(24,25)26/h2-12H,1H3,(H,28,30). The average Bonchev–Trinajstić information content (AvgIpc) is 3.25. The Hall–Kier alpha value is -3.72. The molecule has 0 aliphatic rings. The van der Waals surface area contributed by atoms with Gasteiger partial charge in [0.15, 0.2) is 5.51 Å². The summed E-state index contributed by atoms with van der Waals surface area (Å²) in [6.07, 6.45) is -4.51. The number of nitrogens with one attached hydrogen (secondary N) is 1. The number of halogens is 3. The number of thiazole rings is 1. The Kier molecular flexibility index (Phi) is 5.67. The predicted octanol–water partition coefficient (Wildman–Crippen LogP) is 5.64. The van der Waals surface area contributed by atoms with Crippen LogP contribution in [0.4, 0.5) is 24.5 Å². The third-order valence-corrected chi connectivity index (χ3v) is 5.51. The molecule has 0 aliphatic heterocycles. The summed E-state index contributed by atoms with van der Waals surface area (Å²) in [7, 11) is 1.58. The zero-order chi connectivity index (χ0) is 22.9. The zero-order valence-electron chi connectivity index (χ0n) is 16.6. The lowest BCUT2D eigenvalue weighted by Gasteiger charge is -2.18. The van der Waals surface area contributed by atoms with Gasteiger partial charge in [0.1, 0.15) is 0 Å². The zero-order valence-corrected chi connectivity index (χ0v) is 17.4. The molecule has 0 unspecified atom stereocenters. The van der Waals surface area contributed by atoms with Crippen molar-refractivity contribution in [3.05, 3.63) is 88.9 Å². The molecule has 4 aromatic rings. The van der Waals surface area contributed by atoms with Crippen LogP contribution in [0.2, 0.25) is 0 Å². The first-order valence-electron chi connectivity index (χ1n) is 9.36. The maximum Gasteiger partial charge on any atom is 0.416 e. The molecule has 2 amide bonds. The largest absolute Gasteiger partial charge is 0.416 e. The third-order valence-electron chi connectivity index (χ3n) is 4.78. The number of aromatic nitrogens is 1. The SMILES string of the molecule is CN(C(=O)c1ccc2n[c]sc2c1)c1cccc(C(=O)Nc2cccc(C(F)(F)F)c2)c1. The lowest BCUT2D eigenvalue weighted by molar-refractivity contribution is -0.137. The van der Waals surface area contributed by atoms with Gasteiger partial charge in [0.2, 0.25) is 0 Å². The van der Waals surface area contributed by atoms with Gasteiger partial charge in [-0.1, -0.05) is 12.1 Å². The van der Waals surface area contributed by atoms with Gasteiger partial charge in [-0.3, -0.25) is 9.59 Å².